The summed E-state index contributed by atoms with van der Waals surface area (Å²) in [4.78, 5) is 20.8. The Balaban J connectivity index is 1.62. The molecule has 3 rings (SSSR count). The molecule has 0 aliphatic carbocycles. The molecule has 0 bridgehead atoms. The van der Waals surface area contributed by atoms with Crippen LogP contribution in [0.15, 0.2) is 42.6 Å². The zero-order valence-corrected chi connectivity index (χ0v) is 13.9. The fourth-order valence-corrected chi connectivity index (χ4v) is 2.79. The fraction of sp³-hybridized carbons (Fsp3) is 0.333. The first kappa shape index (κ1) is 16.1. The first-order chi connectivity index (χ1) is 11.7. The molecular weight excluding hydrogens is 306 g/mol. The van der Waals surface area contributed by atoms with Crippen LogP contribution in [0.25, 0.3) is 0 Å². The van der Waals surface area contributed by atoms with Crippen LogP contribution in [0.4, 0.5) is 5.69 Å². The number of hydrogen-bond donors (Lipinski definition) is 0. The number of pyridine rings is 1. The number of rotatable bonds is 4. The number of aromatic nitrogens is 1. The minimum absolute atomic E-state index is 0.00967. The molecule has 0 unspecified atom stereocenters. The molecule has 1 aliphatic rings. The van der Waals surface area contributed by atoms with Crippen molar-refractivity contribution < 1.29 is 14.3 Å². The van der Waals surface area contributed by atoms with Gasteiger partial charge < -0.3 is 19.3 Å². The SMILES string of the molecule is COc1cccc(N2CCN(C(=O)c3ccc(OC)nc3)CC2)c1. The van der Waals surface area contributed by atoms with Gasteiger partial charge in [0.1, 0.15) is 5.75 Å². The fourth-order valence-electron chi connectivity index (χ4n) is 2.79. The van der Waals surface area contributed by atoms with Gasteiger partial charge in [-0.1, -0.05) is 6.07 Å². The van der Waals surface area contributed by atoms with Crippen LogP contribution < -0.4 is 14.4 Å². The normalized spacial score (nSPS) is 14.4. The summed E-state index contributed by atoms with van der Waals surface area (Å²) in [6.45, 7) is 2.95. The van der Waals surface area contributed by atoms with Crippen molar-refractivity contribution in [1.29, 1.82) is 0 Å². The first-order valence-corrected chi connectivity index (χ1v) is 7.89. The monoisotopic (exact) mass is 327 g/mol. The van der Waals surface area contributed by atoms with Gasteiger partial charge in [0.05, 0.1) is 19.8 Å². The lowest BCUT2D eigenvalue weighted by atomic mass is 10.2. The number of amides is 1. The highest BCUT2D eigenvalue weighted by molar-refractivity contribution is 5.94. The lowest BCUT2D eigenvalue weighted by molar-refractivity contribution is 0.0746. The number of piperazine rings is 1. The van der Waals surface area contributed by atoms with E-state index < -0.39 is 0 Å². The average molecular weight is 327 g/mol. The second-order valence-corrected chi connectivity index (χ2v) is 5.57. The molecule has 1 saturated heterocycles. The van der Waals surface area contributed by atoms with E-state index in [1.807, 2.05) is 23.1 Å². The quantitative estimate of drug-likeness (QED) is 0.860. The number of carbonyl (C=O) groups is 1. The van der Waals surface area contributed by atoms with Gasteiger partial charge in [-0.05, 0) is 18.2 Å². The minimum Gasteiger partial charge on any atom is -0.497 e. The second kappa shape index (κ2) is 7.21. The molecule has 0 atom stereocenters. The van der Waals surface area contributed by atoms with Gasteiger partial charge in [-0.3, -0.25) is 4.79 Å². The molecule has 1 amide bonds. The topological polar surface area (TPSA) is 54.9 Å². The van der Waals surface area contributed by atoms with Gasteiger partial charge in [-0.2, -0.15) is 0 Å². The molecule has 1 fully saturated rings. The number of anilines is 1. The highest BCUT2D eigenvalue weighted by atomic mass is 16.5. The van der Waals surface area contributed by atoms with Crippen LogP contribution in [0, 0.1) is 0 Å². The molecule has 126 valence electrons. The Morgan fingerprint density at radius 3 is 2.46 bits per heavy atom. The van der Waals surface area contributed by atoms with Crippen molar-refractivity contribution in [2.75, 3.05) is 45.3 Å². The smallest absolute Gasteiger partial charge is 0.255 e. The molecule has 0 saturated carbocycles. The van der Waals surface area contributed by atoms with Crippen LogP contribution in [0.5, 0.6) is 11.6 Å². The van der Waals surface area contributed by atoms with Crippen molar-refractivity contribution in [3.05, 3.63) is 48.2 Å². The highest BCUT2D eigenvalue weighted by Gasteiger charge is 2.22. The van der Waals surface area contributed by atoms with Crippen LogP contribution in [0.3, 0.4) is 0 Å². The molecule has 2 aromatic rings. The Morgan fingerprint density at radius 2 is 1.83 bits per heavy atom. The Morgan fingerprint density at radius 1 is 1.04 bits per heavy atom. The van der Waals surface area contributed by atoms with Gasteiger partial charge in [0.25, 0.3) is 5.91 Å². The summed E-state index contributed by atoms with van der Waals surface area (Å²) in [5.74, 6) is 1.36. The van der Waals surface area contributed by atoms with Gasteiger partial charge in [0.2, 0.25) is 5.88 Å². The molecule has 6 heteroatoms. The molecular formula is C18H21N3O3. The Kier molecular flexibility index (Phi) is 4.84. The molecule has 1 aromatic heterocycles. The van der Waals surface area contributed by atoms with Gasteiger partial charge >= 0.3 is 0 Å². The third-order valence-electron chi connectivity index (χ3n) is 4.18. The standard InChI is InChI=1S/C18H21N3O3/c1-23-16-5-3-4-15(12-16)20-8-10-21(11-9-20)18(22)14-6-7-17(24-2)19-13-14/h3-7,12-13H,8-11H2,1-2H3. The number of carbonyl (C=O) groups excluding carboxylic acids is 1. The molecule has 0 spiro atoms. The van der Waals surface area contributed by atoms with Crippen molar-refractivity contribution in [3.8, 4) is 11.6 Å². The number of hydrogen-bond acceptors (Lipinski definition) is 5. The second-order valence-electron chi connectivity index (χ2n) is 5.57. The van der Waals surface area contributed by atoms with E-state index in [0.29, 0.717) is 24.5 Å². The molecule has 24 heavy (non-hydrogen) atoms. The van der Waals surface area contributed by atoms with E-state index in [9.17, 15) is 4.79 Å². The van der Waals surface area contributed by atoms with E-state index in [1.54, 1.807) is 32.5 Å². The number of nitrogens with zero attached hydrogens (tertiary/aromatic N) is 3. The summed E-state index contributed by atoms with van der Waals surface area (Å²) in [6.07, 6.45) is 1.57. The van der Waals surface area contributed by atoms with Crippen molar-refractivity contribution >= 4 is 11.6 Å². The van der Waals surface area contributed by atoms with Crippen molar-refractivity contribution in [3.63, 3.8) is 0 Å². The van der Waals surface area contributed by atoms with E-state index in [1.165, 1.54) is 0 Å². The first-order valence-electron chi connectivity index (χ1n) is 7.89. The van der Waals surface area contributed by atoms with Crippen LogP contribution in [0.2, 0.25) is 0 Å². The largest absolute Gasteiger partial charge is 0.497 e. The van der Waals surface area contributed by atoms with Crippen molar-refractivity contribution in [2.45, 2.75) is 0 Å². The summed E-state index contributed by atoms with van der Waals surface area (Å²) in [5, 5.41) is 0. The van der Waals surface area contributed by atoms with Crippen LogP contribution in [-0.4, -0.2) is 56.2 Å². The van der Waals surface area contributed by atoms with Crippen LogP contribution in [-0.2, 0) is 0 Å². The molecule has 1 aliphatic heterocycles. The molecule has 0 N–H and O–H groups in total. The third-order valence-corrected chi connectivity index (χ3v) is 4.18. The summed E-state index contributed by atoms with van der Waals surface area (Å²) >= 11 is 0. The van der Waals surface area contributed by atoms with Crippen molar-refractivity contribution in [2.24, 2.45) is 0 Å². The average Bonchev–Trinajstić information content (AvgIpc) is 2.67. The predicted octanol–water partition coefficient (Wildman–Crippen LogP) is 2.06. The predicted molar refractivity (Wildman–Crippen MR) is 91.9 cm³/mol. The molecule has 1 aromatic carbocycles. The van der Waals surface area contributed by atoms with E-state index in [2.05, 4.69) is 16.0 Å². The van der Waals surface area contributed by atoms with E-state index in [-0.39, 0.29) is 5.91 Å². The van der Waals surface area contributed by atoms with Crippen LogP contribution >= 0.6 is 0 Å². The summed E-state index contributed by atoms with van der Waals surface area (Å²) in [7, 11) is 3.22. The molecule has 2 heterocycles. The third kappa shape index (κ3) is 3.42. The van der Waals surface area contributed by atoms with Crippen molar-refractivity contribution in [1.82, 2.24) is 9.88 Å². The highest BCUT2D eigenvalue weighted by Crippen LogP contribution is 2.22. The summed E-state index contributed by atoms with van der Waals surface area (Å²) in [6, 6.07) is 11.5. The van der Waals surface area contributed by atoms with Crippen LogP contribution in [0.1, 0.15) is 10.4 Å². The number of ether oxygens (including phenoxy) is 2. The Bertz CT molecular complexity index is 695. The molecule has 6 nitrogen and oxygen atoms in total. The van der Waals surface area contributed by atoms with Gasteiger partial charge in [0.15, 0.2) is 0 Å². The zero-order valence-electron chi connectivity index (χ0n) is 13.9. The lowest BCUT2D eigenvalue weighted by Crippen LogP contribution is -2.48. The Hall–Kier alpha value is -2.76. The van der Waals surface area contributed by atoms with Gasteiger partial charge in [0, 0.05) is 50.2 Å². The lowest BCUT2D eigenvalue weighted by Gasteiger charge is -2.36. The molecule has 0 radical (unpaired) electrons. The maximum atomic E-state index is 12.5. The summed E-state index contributed by atoms with van der Waals surface area (Å²) < 4.78 is 10.3. The number of methoxy groups -OCH3 is 2. The zero-order chi connectivity index (χ0) is 16.9. The minimum atomic E-state index is 0.00967. The number of benzene rings is 1. The van der Waals surface area contributed by atoms with E-state index in [4.69, 9.17) is 9.47 Å². The van der Waals surface area contributed by atoms with Gasteiger partial charge in [-0.25, -0.2) is 4.98 Å². The Labute approximate surface area is 141 Å². The maximum Gasteiger partial charge on any atom is 0.255 e. The summed E-state index contributed by atoms with van der Waals surface area (Å²) in [5.41, 5.74) is 1.71. The van der Waals surface area contributed by atoms with Gasteiger partial charge in [-0.15, -0.1) is 0 Å². The van der Waals surface area contributed by atoms with E-state index >= 15 is 0 Å². The maximum absolute atomic E-state index is 12.5. The van der Waals surface area contributed by atoms with E-state index in [0.717, 1.165) is 24.5 Å².